The lowest BCUT2D eigenvalue weighted by molar-refractivity contribution is 0.362. The van der Waals surface area contributed by atoms with Crippen molar-refractivity contribution in [3.63, 3.8) is 0 Å². The van der Waals surface area contributed by atoms with Gasteiger partial charge in [0.25, 0.3) is 0 Å². The minimum atomic E-state index is 0.118. The van der Waals surface area contributed by atoms with Crippen molar-refractivity contribution >= 4 is 0 Å². The fourth-order valence-electron chi connectivity index (χ4n) is 1.04. The molecule has 0 atom stereocenters. The lowest BCUT2D eigenvalue weighted by atomic mass is 9.79. The molecule has 0 aliphatic heterocycles. The van der Waals surface area contributed by atoms with Gasteiger partial charge in [0.2, 0.25) is 0 Å². The molecule has 0 spiro atoms. The van der Waals surface area contributed by atoms with E-state index in [0.29, 0.717) is 5.92 Å². The van der Waals surface area contributed by atoms with Crippen LogP contribution in [0.5, 0.6) is 0 Å². The normalized spacial score (nSPS) is 12.5. The molecule has 0 bridgehead atoms. The molecule has 0 aliphatic carbocycles. The monoisotopic (exact) mass is 181 g/mol. The molecule has 74 valence electrons. The Hall–Kier alpha value is -0.860. The van der Waals surface area contributed by atoms with Crippen LogP contribution in [0.3, 0.4) is 0 Å². The minimum absolute atomic E-state index is 0.118. The molecule has 3 heteroatoms. The summed E-state index contributed by atoms with van der Waals surface area (Å²) >= 11 is 0. The predicted molar refractivity (Wildman–Crippen MR) is 53.6 cm³/mol. The summed E-state index contributed by atoms with van der Waals surface area (Å²) in [6.45, 7) is 11.8. The Labute approximate surface area is 80.1 Å². The van der Waals surface area contributed by atoms with Crippen LogP contribution in [0.4, 0.5) is 0 Å². The zero-order valence-electron chi connectivity index (χ0n) is 9.20. The first-order chi connectivity index (χ1) is 5.98. The van der Waals surface area contributed by atoms with Crippen LogP contribution in [0.25, 0.3) is 0 Å². The van der Waals surface area contributed by atoms with Gasteiger partial charge in [0.1, 0.15) is 0 Å². The van der Waals surface area contributed by atoms with Gasteiger partial charge in [-0.15, -0.1) is 5.10 Å². The molecular formula is C10H19N3. The number of hydrogen-bond acceptors (Lipinski definition) is 2. The second kappa shape index (κ2) is 3.48. The van der Waals surface area contributed by atoms with Crippen molar-refractivity contribution in [2.75, 3.05) is 0 Å². The molecule has 0 saturated heterocycles. The van der Waals surface area contributed by atoms with Gasteiger partial charge in [0, 0.05) is 18.2 Å². The molecule has 1 aromatic heterocycles. The first kappa shape index (κ1) is 10.2. The lowest BCUT2D eigenvalue weighted by Gasteiger charge is -2.26. The smallest absolute Gasteiger partial charge is 0.0885 e. The third-order valence-electron chi connectivity index (χ3n) is 2.97. The number of nitrogens with zero attached hydrogens (tertiary/aromatic N) is 3. The van der Waals surface area contributed by atoms with Crippen LogP contribution in [-0.4, -0.2) is 15.0 Å². The van der Waals surface area contributed by atoms with Crippen LogP contribution in [0.15, 0.2) is 6.20 Å². The molecule has 0 amide bonds. The standard InChI is InChI=1S/C10H19N3/c1-6-13-7-9(11-12-13)10(4,5)8(2)3/h7-8H,6H2,1-5H3. The van der Waals surface area contributed by atoms with E-state index >= 15 is 0 Å². The molecule has 0 aromatic carbocycles. The van der Waals surface area contributed by atoms with Gasteiger partial charge < -0.3 is 0 Å². The maximum absolute atomic E-state index is 4.19. The van der Waals surface area contributed by atoms with Crippen molar-refractivity contribution in [3.8, 4) is 0 Å². The summed E-state index contributed by atoms with van der Waals surface area (Å²) in [4.78, 5) is 0. The fraction of sp³-hybridized carbons (Fsp3) is 0.800. The van der Waals surface area contributed by atoms with Crippen molar-refractivity contribution in [2.45, 2.75) is 46.6 Å². The van der Waals surface area contributed by atoms with Gasteiger partial charge >= 0.3 is 0 Å². The number of rotatable bonds is 3. The van der Waals surface area contributed by atoms with Crippen LogP contribution in [-0.2, 0) is 12.0 Å². The molecule has 3 nitrogen and oxygen atoms in total. The Bertz CT molecular complexity index is 273. The largest absolute Gasteiger partial charge is 0.253 e. The minimum Gasteiger partial charge on any atom is -0.253 e. The number of aromatic nitrogens is 3. The molecule has 13 heavy (non-hydrogen) atoms. The van der Waals surface area contributed by atoms with Crippen molar-refractivity contribution in [1.82, 2.24) is 15.0 Å². The maximum atomic E-state index is 4.19. The quantitative estimate of drug-likeness (QED) is 0.716. The summed E-state index contributed by atoms with van der Waals surface area (Å²) in [5.41, 5.74) is 1.21. The maximum Gasteiger partial charge on any atom is 0.0885 e. The van der Waals surface area contributed by atoms with E-state index < -0.39 is 0 Å². The van der Waals surface area contributed by atoms with Crippen LogP contribution in [0.1, 0.15) is 40.3 Å². The zero-order chi connectivity index (χ0) is 10.1. The highest BCUT2D eigenvalue weighted by molar-refractivity contribution is 5.09. The molecule has 0 aliphatic rings. The van der Waals surface area contributed by atoms with Gasteiger partial charge in [0.05, 0.1) is 5.69 Å². The molecule has 1 aromatic rings. The molecule has 0 saturated carbocycles. The van der Waals surface area contributed by atoms with E-state index in [4.69, 9.17) is 0 Å². The van der Waals surface area contributed by atoms with Gasteiger partial charge in [-0.05, 0) is 12.8 Å². The molecule has 1 heterocycles. The fourth-order valence-corrected chi connectivity index (χ4v) is 1.04. The molecule has 0 N–H and O–H groups in total. The first-order valence-electron chi connectivity index (χ1n) is 4.89. The summed E-state index contributed by atoms with van der Waals surface area (Å²) in [6.07, 6.45) is 2.04. The Morgan fingerprint density at radius 3 is 2.46 bits per heavy atom. The number of aryl methyl sites for hydroxylation is 1. The van der Waals surface area contributed by atoms with Crippen LogP contribution in [0.2, 0.25) is 0 Å². The summed E-state index contributed by atoms with van der Waals surface area (Å²) in [7, 11) is 0. The van der Waals surface area contributed by atoms with Gasteiger partial charge in [-0.2, -0.15) is 0 Å². The number of hydrogen-bond donors (Lipinski definition) is 0. The highest BCUT2D eigenvalue weighted by Gasteiger charge is 2.27. The van der Waals surface area contributed by atoms with E-state index in [9.17, 15) is 0 Å². The van der Waals surface area contributed by atoms with Crippen molar-refractivity contribution in [2.24, 2.45) is 5.92 Å². The van der Waals surface area contributed by atoms with Gasteiger partial charge in [-0.25, -0.2) is 0 Å². The van der Waals surface area contributed by atoms with Crippen molar-refractivity contribution < 1.29 is 0 Å². The summed E-state index contributed by atoms with van der Waals surface area (Å²) in [6, 6.07) is 0. The van der Waals surface area contributed by atoms with Crippen LogP contribution >= 0.6 is 0 Å². The lowest BCUT2D eigenvalue weighted by Crippen LogP contribution is -2.24. The van der Waals surface area contributed by atoms with Gasteiger partial charge in [-0.3, -0.25) is 4.68 Å². The van der Waals surface area contributed by atoms with Gasteiger partial charge in [0.15, 0.2) is 0 Å². The molecule has 0 fully saturated rings. The van der Waals surface area contributed by atoms with E-state index in [-0.39, 0.29) is 5.41 Å². The van der Waals surface area contributed by atoms with E-state index in [0.717, 1.165) is 12.2 Å². The van der Waals surface area contributed by atoms with E-state index in [1.807, 2.05) is 10.9 Å². The topological polar surface area (TPSA) is 30.7 Å². The molecule has 1 rings (SSSR count). The molecule has 0 radical (unpaired) electrons. The second-order valence-electron chi connectivity index (χ2n) is 4.34. The first-order valence-corrected chi connectivity index (χ1v) is 4.89. The van der Waals surface area contributed by atoms with E-state index in [2.05, 4.69) is 44.9 Å². The predicted octanol–water partition coefficient (Wildman–Crippen LogP) is 2.23. The Balaban J connectivity index is 2.93. The highest BCUT2D eigenvalue weighted by Crippen LogP contribution is 2.29. The average molecular weight is 181 g/mol. The molecular weight excluding hydrogens is 162 g/mol. The Morgan fingerprint density at radius 2 is 2.08 bits per heavy atom. The average Bonchev–Trinajstić information content (AvgIpc) is 2.51. The third kappa shape index (κ3) is 1.90. The summed E-state index contributed by atoms with van der Waals surface area (Å²) in [5, 5.41) is 8.24. The zero-order valence-corrected chi connectivity index (χ0v) is 9.20. The summed E-state index contributed by atoms with van der Waals surface area (Å²) in [5.74, 6) is 0.578. The van der Waals surface area contributed by atoms with Crippen molar-refractivity contribution in [1.29, 1.82) is 0 Å². The SMILES string of the molecule is CCn1cc(C(C)(C)C(C)C)nn1. The van der Waals surface area contributed by atoms with Crippen molar-refractivity contribution in [3.05, 3.63) is 11.9 Å². The second-order valence-corrected chi connectivity index (χ2v) is 4.34. The van der Waals surface area contributed by atoms with E-state index in [1.54, 1.807) is 0 Å². The molecule has 0 unspecified atom stereocenters. The van der Waals surface area contributed by atoms with Gasteiger partial charge in [-0.1, -0.05) is 32.9 Å². The van der Waals surface area contributed by atoms with Crippen LogP contribution in [0, 0.1) is 5.92 Å². The van der Waals surface area contributed by atoms with Crippen LogP contribution < -0.4 is 0 Å². The Kier molecular flexibility index (Phi) is 2.74. The third-order valence-corrected chi connectivity index (χ3v) is 2.97. The summed E-state index contributed by atoms with van der Waals surface area (Å²) < 4.78 is 1.87. The highest BCUT2D eigenvalue weighted by atomic mass is 15.4. The van der Waals surface area contributed by atoms with E-state index in [1.165, 1.54) is 0 Å². The Morgan fingerprint density at radius 1 is 1.46 bits per heavy atom.